The van der Waals surface area contributed by atoms with Crippen LogP contribution in [0.1, 0.15) is 194 Å². The molecule has 77 heavy (non-hydrogen) atoms. The third-order valence-electron chi connectivity index (χ3n) is 24.8. The Balaban J connectivity index is 0.000000192. The monoisotopic (exact) mass is 1290 g/mol. The molecule has 6 nitrogen and oxygen atoms in total. The summed E-state index contributed by atoms with van der Waals surface area (Å²) in [7, 11) is 0. The van der Waals surface area contributed by atoms with Crippen molar-refractivity contribution in [2.45, 2.75) is 240 Å². The van der Waals surface area contributed by atoms with Gasteiger partial charge < -0.3 is 33.5 Å². The molecule has 3 spiro atoms. The van der Waals surface area contributed by atoms with Gasteiger partial charge in [-0.2, -0.15) is 13.8 Å². The Hall–Kier alpha value is 1.20. The molecule has 2 N–H and O–H groups in total. The molecule has 6 saturated carbocycles. The molecule has 4 heterocycles. The van der Waals surface area contributed by atoms with Crippen LogP contribution in [0.15, 0.2) is 34.4 Å². The van der Waals surface area contributed by atoms with Crippen LogP contribution in [0.5, 0.6) is 0 Å². The quantitative estimate of drug-likeness (QED) is 0.0961. The summed E-state index contributed by atoms with van der Waals surface area (Å²) in [4.78, 5) is 5.36. The first kappa shape index (κ1) is 64.2. The van der Waals surface area contributed by atoms with Gasteiger partial charge in [-0.25, -0.2) is 0 Å². The number of hydrogen-bond donors (Lipinski definition) is 2. The molecular weight excluding hydrogens is 1180 g/mol. The van der Waals surface area contributed by atoms with Crippen molar-refractivity contribution in [3.63, 3.8) is 0 Å². The van der Waals surface area contributed by atoms with E-state index >= 15 is 0 Å². The van der Waals surface area contributed by atoms with Gasteiger partial charge in [0, 0.05) is 68.6 Å². The van der Waals surface area contributed by atoms with Crippen LogP contribution in [0.2, 0.25) is 0 Å². The van der Waals surface area contributed by atoms with Crippen molar-refractivity contribution in [1.82, 2.24) is 9.80 Å². The standard InChI is InChI=1S/C30H46ClNO2.C29H44ClNO2.C2H6.2C2H5.CH2ClI.Zn/c1-18-13-25-26(32(16-18)12-11-31)19(2)30(34-25)10-8-23-22-6-5-20-14-21(33)7-9-27(20,3)24(22)15-29(23)17-28(29,30)4;1-17-13-26-27(31(16-17)12-11-30)19(3)29(33-26)10-8-22-23-6-5-20-14-21(32)7-9-28(20,4)25(23)15-24(22)18(29)2;3*1-2;2-1-3;/h5,18-19,21-26,33H,6-17H2,1-4H3;5,17,19,21-23,25-27,32H,6-16H2,1-4H3;1-2H3;2*1H2,2H3;1H2;/q;;;2*-1;;+2/t18-,19+,21-,22?,23-,24-,25+,26-,27-,28+,29?,30+;17-,19+,21-,22-,23?,25-,26+,27-,28-,29-;;;;;/m00...../s1/i;;1D;;;;. The average molecular weight is 1290 g/mol. The van der Waals surface area contributed by atoms with Gasteiger partial charge in [-0.15, -0.1) is 34.8 Å². The van der Waals surface area contributed by atoms with Crippen molar-refractivity contribution >= 4 is 57.4 Å². The molecule has 0 amide bonds. The van der Waals surface area contributed by atoms with E-state index in [2.05, 4.69) is 114 Å². The molecule has 13 rings (SSSR count). The summed E-state index contributed by atoms with van der Waals surface area (Å²) in [6, 6.07) is 1.07. The zero-order valence-corrected chi connectivity index (χ0v) is 57.7. The van der Waals surface area contributed by atoms with Gasteiger partial charge >= 0.3 is 19.5 Å². The molecule has 11 heteroatoms. The first-order valence-corrected chi connectivity index (χ1v) is 34.2. The second kappa shape index (κ2) is 26.0. The maximum absolute atomic E-state index is 10.4. The maximum Gasteiger partial charge on any atom is 2.00 e. The zero-order chi connectivity index (χ0) is 56.2. The summed E-state index contributed by atoms with van der Waals surface area (Å²) >= 11 is 19.6. The van der Waals surface area contributed by atoms with Crippen LogP contribution in [-0.4, -0.2) is 110 Å². The van der Waals surface area contributed by atoms with Crippen LogP contribution >= 0.6 is 57.4 Å². The van der Waals surface area contributed by atoms with E-state index in [4.69, 9.17) is 45.6 Å². The molecular formula is C66H108Cl3IN2O4Zn. The molecule has 0 radical (unpaired) electrons. The molecule has 9 aliphatic carbocycles. The summed E-state index contributed by atoms with van der Waals surface area (Å²) in [5.74, 6) is 8.79. The Labute approximate surface area is 514 Å². The predicted octanol–water partition coefficient (Wildman–Crippen LogP) is 16.3. The first-order valence-electron chi connectivity index (χ1n) is 31.7. The second-order valence-electron chi connectivity index (χ2n) is 27.4. The summed E-state index contributed by atoms with van der Waals surface area (Å²) in [5, 5.41) is 20.7. The van der Waals surface area contributed by atoms with Gasteiger partial charge in [0.25, 0.3) is 0 Å². The fourth-order valence-electron chi connectivity index (χ4n) is 21.7. The van der Waals surface area contributed by atoms with Crippen molar-refractivity contribution in [2.24, 2.45) is 80.8 Å². The number of piperidine rings is 2. The van der Waals surface area contributed by atoms with Crippen molar-refractivity contribution in [3.05, 3.63) is 48.3 Å². The number of aliphatic hydroxyl groups excluding tert-OH is 2. The second-order valence-corrected chi connectivity index (χ2v) is 30.1. The molecule has 436 valence electrons. The molecule has 10 fully saturated rings. The van der Waals surface area contributed by atoms with Gasteiger partial charge in [-0.1, -0.05) is 114 Å². The minimum absolute atomic E-state index is 0. The van der Waals surface area contributed by atoms with Crippen molar-refractivity contribution in [2.75, 3.05) is 41.8 Å². The Bertz CT molecular complexity index is 2120. The predicted molar refractivity (Wildman–Crippen MR) is 329 cm³/mol. The SMILES string of the molecule is CC1=C2C[C@H]3C(CC=C4C[C@@H](O)CC[C@@]43C)[C@@H]2CC[C@]12O[C@@H]1C[C@H](C)CN(CCCl)[C@H]1[C@H]2C.C[C@H]1C[C@H]2O[C@]3(CC[C@H]4C5CC=C6C[C@@H](O)CC[C@]6(C)[C@H]5CC45C[C@]53C)[C@H](C)[C@@H]2N(CCCl)C1.ClCI.[2H]CC.[CH2-]C.[CH2-]C.[Zn+2]. The molecule has 3 unspecified atom stereocenters. The van der Waals surface area contributed by atoms with E-state index in [1.54, 1.807) is 43.1 Å². The minimum Gasteiger partial charge on any atom is -0.393 e. The van der Waals surface area contributed by atoms with E-state index in [0.717, 1.165) is 86.6 Å². The Kier molecular flexibility index (Phi) is 21.7. The van der Waals surface area contributed by atoms with Crippen LogP contribution in [0, 0.1) is 94.7 Å². The van der Waals surface area contributed by atoms with Gasteiger partial charge in [0.15, 0.2) is 0 Å². The maximum atomic E-state index is 10.4. The Morgan fingerprint density at radius 1 is 0.714 bits per heavy atom. The Morgan fingerprint density at radius 2 is 1.22 bits per heavy atom. The third-order valence-corrected chi connectivity index (χ3v) is 25.1. The number of aliphatic hydroxyl groups is 2. The third kappa shape index (κ3) is 10.7. The number of ether oxygens (including phenoxy) is 2. The number of alkyl halides is 4. The van der Waals surface area contributed by atoms with Crippen LogP contribution in [0.25, 0.3) is 0 Å². The van der Waals surface area contributed by atoms with E-state index in [1.807, 2.05) is 0 Å². The number of hydrogen-bond acceptors (Lipinski definition) is 6. The fourth-order valence-corrected chi connectivity index (χ4v) is 22.1. The van der Waals surface area contributed by atoms with Crippen LogP contribution in [-0.2, 0) is 29.0 Å². The molecule has 0 aromatic rings. The van der Waals surface area contributed by atoms with Gasteiger partial charge in [-0.3, -0.25) is 9.80 Å². The average Bonchev–Trinajstić information content (AvgIpc) is 1.74. The van der Waals surface area contributed by atoms with Crippen molar-refractivity contribution in [1.29, 1.82) is 0 Å². The molecule has 0 aromatic heterocycles. The molecule has 0 bridgehead atoms. The number of allylic oxidation sites excluding steroid dienone is 3. The van der Waals surface area contributed by atoms with Crippen molar-refractivity contribution < 1.29 is 40.5 Å². The molecule has 0 aromatic carbocycles. The summed E-state index contributed by atoms with van der Waals surface area (Å²) in [6.45, 7) is 36.6. The van der Waals surface area contributed by atoms with Crippen LogP contribution < -0.4 is 0 Å². The smallest absolute Gasteiger partial charge is 0.393 e. The van der Waals surface area contributed by atoms with Crippen LogP contribution in [0.4, 0.5) is 0 Å². The van der Waals surface area contributed by atoms with Crippen LogP contribution in [0.3, 0.4) is 0 Å². The number of nitrogens with zero attached hydrogens (tertiary/aromatic N) is 2. The number of rotatable bonds is 4. The number of fused-ring (bicyclic) bond motifs is 12. The van der Waals surface area contributed by atoms with E-state index in [0.29, 0.717) is 86.3 Å². The van der Waals surface area contributed by atoms with E-state index in [-0.39, 0.29) is 42.9 Å². The van der Waals surface area contributed by atoms with Gasteiger partial charge in [0.1, 0.15) is 0 Å². The van der Waals surface area contributed by atoms with Crippen molar-refractivity contribution in [3.8, 4) is 0 Å². The van der Waals surface area contributed by atoms with Gasteiger partial charge in [0.2, 0.25) is 0 Å². The molecule has 4 saturated heterocycles. The first-order chi connectivity index (χ1) is 36.8. The summed E-state index contributed by atoms with van der Waals surface area (Å²) in [5.41, 5.74) is 7.97. The fraction of sp³-hybridized carbons (Fsp3) is 0.879. The largest absolute Gasteiger partial charge is 2.00 e. The number of halogens is 4. The number of likely N-dealkylation sites (tertiary alicyclic amines) is 2. The zero-order valence-electron chi connectivity index (χ0n) is 51.3. The van der Waals surface area contributed by atoms with E-state index in [1.165, 1.54) is 90.1 Å². The van der Waals surface area contributed by atoms with E-state index in [9.17, 15) is 10.2 Å². The van der Waals surface area contributed by atoms with E-state index < -0.39 is 0 Å². The molecule has 13 aliphatic rings. The normalized spacial score (nSPS) is 49.4. The Morgan fingerprint density at radius 3 is 1.77 bits per heavy atom. The molecule has 22 atom stereocenters. The summed E-state index contributed by atoms with van der Waals surface area (Å²) < 4.78 is 21.5. The van der Waals surface area contributed by atoms with Gasteiger partial charge in [-0.05, 0) is 185 Å². The summed E-state index contributed by atoms with van der Waals surface area (Å²) in [6.07, 6.45) is 25.9. The molecule has 4 aliphatic heterocycles. The minimum atomic E-state index is -0.122. The topological polar surface area (TPSA) is 65.4 Å². The van der Waals surface area contributed by atoms with Gasteiger partial charge in [0.05, 0.1) is 39.5 Å².